The number of carbonyl (C=O) groups is 1. The molecule has 1 aromatic heterocycles. The van der Waals surface area contributed by atoms with Crippen LogP contribution in [0.5, 0.6) is 0 Å². The van der Waals surface area contributed by atoms with Crippen molar-refractivity contribution in [3.05, 3.63) is 12.0 Å². The van der Waals surface area contributed by atoms with Gasteiger partial charge in [-0.2, -0.15) is 11.8 Å². The quantitative estimate of drug-likeness (QED) is 0.830. The average molecular weight is 255 g/mol. The van der Waals surface area contributed by atoms with Crippen molar-refractivity contribution in [2.75, 3.05) is 18.6 Å². The van der Waals surface area contributed by atoms with Gasteiger partial charge in [0.05, 0.1) is 13.4 Å². The number of hydrogen-bond acceptors (Lipinski definition) is 5. The zero-order valence-electron chi connectivity index (χ0n) is 10.1. The Morgan fingerprint density at radius 2 is 2.53 bits per heavy atom. The van der Waals surface area contributed by atoms with Crippen molar-refractivity contribution in [1.29, 1.82) is 0 Å². The van der Waals surface area contributed by atoms with Crippen LogP contribution >= 0.6 is 11.8 Å². The summed E-state index contributed by atoms with van der Waals surface area (Å²) in [6.45, 7) is 3.01. The number of nitrogens with zero attached hydrogens (tertiary/aromatic N) is 2. The maximum Gasteiger partial charge on any atom is 0.360 e. The van der Waals surface area contributed by atoms with Gasteiger partial charge < -0.3 is 15.0 Å². The van der Waals surface area contributed by atoms with Crippen molar-refractivity contribution >= 4 is 23.5 Å². The molecule has 1 atom stereocenters. The van der Waals surface area contributed by atoms with Crippen LogP contribution in [-0.2, 0) is 11.3 Å². The van der Waals surface area contributed by atoms with Crippen LogP contribution in [0.1, 0.15) is 30.3 Å². The lowest BCUT2D eigenvalue weighted by atomic mass is 10.1. The second-order valence-corrected chi connectivity index (χ2v) is 6.18. The van der Waals surface area contributed by atoms with Crippen LogP contribution in [0.25, 0.3) is 0 Å². The number of anilines is 1. The Labute approximate surface area is 105 Å². The molecule has 1 aliphatic rings. The van der Waals surface area contributed by atoms with Gasteiger partial charge in [-0.3, -0.25) is 0 Å². The molecule has 2 heterocycles. The number of carbonyl (C=O) groups excluding carboxylic acids is 1. The van der Waals surface area contributed by atoms with Gasteiger partial charge in [0.15, 0.2) is 5.69 Å². The Morgan fingerprint density at radius 1 is 1.76 bits per heavy atom. The molecule has 0 aromatic carbocycles. The van der Waals surface area contributed by atoms with Crippen LogP contribution in [0.4, 0.5) is 5.82 Å². The maximum absolute atomic E-state index is 11.4. The monoisotopic (exact) mass is 255 g/mol. The Bertz CT molecular complexity index is 424. The van der Waals surface area contributed by atoms with Gasteiger partial charge in [-0.1, -0.05) is 0 Å². The second kappa shape index (κ2) is 4.60. The molecule has 94 valence electrons. The Kier molecular flexibility index (Phi) is 3.33. The van der Waals surface area contributed by atoms with Gasteiger partial charge in [0.25, 0.3) is 0 Å². The van der Waals surface area contributed by atoms with E-state index in [1.165, 1.54) is 25.7 Å². The molecular formula is C11H17N3O2S. The van der Waals surface area contributed by atoms with E-state index in [-0.39, 0.29) is 10.4 Å². The van der Waals surface area contributed by atoms with Crippen molar-refractivity contribution in [3.8, 4) is 0 Å². The predicted octanol–water partition coefficient (Wildman–Crippen LogP) is 1.54. The first-order valence-corrected chi connectivity index (χ1v) is 6.57. The molecule has 1 aromatic rings. The summed E-state index contributed by atoms with van der Waals surface area (Å²) >= 11 is 1.95. The van der Waals surface area contributed by atoms with Crippen molar-refractivity contribution in [2.45, 2.75) is 31.1 Å². The molecule has 1 fully saturated rings. The molecule has 0 amide bonds. The van der Waals surface area contributed by atoms with Gasteiger partial charge in [0.2, 0.25) is 0 Å². The number of nitrogens with two attached hydrogens (primary N) is 1. The molecule has 1 unspecified atom stereocenters. The van der Waals surface area contributed by atoms with E-state index in [9.17, 15) is 4.79 Å². The molecule has 0 spiro atoms. The molecule has 0 aliphatic carbocycles. The lowest BCUT2D eigenvalue weighted by Gasteiger charge is -2.23. The van der Waals surface area contributed by atoms with Crippen LogP contribution in [0.3, 0.4) is 0 Å². The Balaban J connectivity index is 2.17. The topological polar surface area (TPSA) is 70.1 Å². The summed E-state index contributed by atoms with van der Waals surface area (Å²) in [5.74, 6) is 1.10. The predicted molar refractivity (Wildman–Crippen MR) is 68.1 cm³/mol. The second-order valence-electron chi connectivity index (χ2n) is 4.50. The molecule has 2 rings (SSSR count). The molecule has 17 heavy (non-hydrogen) atoms. The van der Waals surface area contributed by atoms with Gasteiger partial charge in [0.1, 0.15) is 5.82 Å². The van der Waals surface area contributed by atoms with E-state index in [4.69, 9.17) is 5.73 Å². The highest BCUT2D eigenvalue weighted by molar-refractivity contribution is 8.00. The van der Waals surface area contributed by atoms with Crippen LogP contribution in [0, 0.1) is 0 Å². The normalized spacial score (nSPS) is 23.9. The third kappa shape index (κ3) is 2.41. The fraction of sp³-hybridized carbons (Fsp3) is 0.636. The van der Waals surface area contributed by atoms with Crippen LogP contribution in [-0.4, -0.2) is 33.1 Å². The van der Waals surface area contributed by atoms with Gasteiger partial charge in [0, 0.05) is 11.3 Å². The first kappa shape index (κ1) is 12.3. The number of thioether (sulfide) groups is 1. The summed E-state index contributed by atoms with van der Waals surface area (Å²) < 4.78 is 6.66. The molecule has 1 saturated heterocycles. The zero-order chi connectivity index (χ0) is 12.5. The van der Waals surface area contributed by atoms with Crippen molar-refractivity contribution in [1.82, 2.24) is 9.55 Å². The average Bonchev–Trinajstić information content (AvgIpc) is 2.87. The molecule has 1 aliphatic heterocycles. The van der Waals surface area contributed by atoms with Crippen LogP contribution in [0.2, 0.25) is 0 Å². The largest absolute Gasteiger partial charge is 0.464 e. The van der Waals surface area contributed by atoms with Crippen LogP contribution < -0.4 is 5.73 Å². The van der Waals surface area contributed by atoms with Crippen molar-refractivity contribution < 1.29 is 9.53 Å². The number of hydrogen-bond donors (Lipinski definition) is 1. The highest BCUT2D eigenvalue weighted by Gasteiger charge is 2.31. The van der Waals surface area contributed by atoms with E-state index in [1.807, 2.05) is 16.3 Å². The number of rotatable bonds is 3. The fourth-order valence-corrected chi connectivity index (χ4v) is 3.39. The number of methoxy groups -OCH3 is 1. The fourth-order valence-electron chi connectivity index (χ4n) is 2.09. The minimum atomic E-state index is -0.481. The molecule has 2 N–H and O–H groups in total. The smallest absolute Gasteiger partial charge is 0.360 e. The Hall–Kier alpha value is -1.17. The minimum Gasteiger partial charge on any atom is -0.464 e. The molecule has 0 bridgehead atoms. The lowest BCUT2D eigenvalue weighted by Crippen LogP contribution is -2.24. The lowest BCUT2D eigenvalue weighted by molar-refractivity contribution is 0.0596. The molecular weight excluding hydrogens is 238 g/mol. The molecule has 6 heteroatoms. The third-order valence-electron chi connectivity index (χ3n) is 3.06. The summed E-state index contributed by atoms with van der Waals surface area (Å²) in [7, 11) is 1.33. The first-order valence-electron chi connectivity index (χ1n) is 5.58. The number of nitrogen functional groups attached to an aromatic ring is 1. The Morgan fingerprint density at radius 3 is 3.12 bits per heavy atom. The molecule has 0 saturated carbocycles. The van der Waals surface area contributed by atoms with Gasteiger partial charge >= 0.3 is 5.97 Å². The van der Waals surface area contributed by atoms with E-state index in [0.717, 1.165) is 6.54 Å². The highest BCUT2D eigenvalue weighted by atomic mass is 32.2. The number of aromatic nitrogens is 2. The number of ether oxygens (including phenoxy) is 1. The standard InChI is InChI=1S/C11H17N3O2S/c1-11(4-3-5-17-11)6-14-7-13-8(9(14)12)10(15)16-2/h7H,3-6,12H2,1-2H3. The third-order valence-corrected chi connectivity index (χ3v) is 4.59. The SMILES string of the molecule is COC(=O)c1ncn(CC2(C)CCCS2)c1N. The molecule has 5 nitrogen and oxygen atoms in total. The summed E-state index contributed by atoms with van der Waals surface area (Å²) in [6, 6.07) is 0. The number of esters is 1. The van der Waals surface area contributed by atoms with Crippen molar-refractivity contribution in [3.63, 3.8) is 0 Å². The van der Waals surface area contributed by atoms with Gasteiger partial charge in [-0.05, 0) is 25.5 Å². The van der Waals surface area contributed by atoms with Gasteiger partial charge in [-0.25, -0.2) is 9.78 Å². The number of imidazole rings is 1. The van der Waals surface area contributed by atoms with Gasteiger partial charge in [-0.15, -0.1) is 0 Å². The van der Waals surface area contributed by atoms with E-state index < -0.39 is 5.97 Å². The summed E-state index contributed by atoms with van der Waals surface area (Å²) in [5.41, 5.74) is 6.11. The highest BCUT2D eigenvalue weighted by Crippen LogP contribution is 2.39. The van der Waals surface area contributed by atoms with E-state index in [1.54, 1.807) is 6.33 Å². The minimum absolute atomic E-state index is 0.197. The summed E-state index contributed by atoms with van der Waals surface area (Å²) in [6.07, 6.45) is 4.02. The van der Waals surface area contributed by atoms with Crippen LogP contribution in [0.15, 0.2) is 6.33 Å². The summed E-state index contributed by atoms with van der Waals surface area (Å²) in [5, 5.41) is 0. The zero-order valence-corrected chi connectivity index (χ0v) is 10.9. The van der Waals surface area contributed by atoms with Crippen molar-refractivity contribution in [2.24, 2.45) is 0 Å². The van der Waals surface area contributed by atoms with E-state index >= 15 is 0 Å². The first-order chi connectivity index (χ1) is 8.06. The van der Waals surface area contributed by atoms with E-state index in [2.05, 4.69) is 16.6 Å². The maximum atomic E-state index is 11.4. The van der Waals surface area contributed by atoms with E-state index in [0.29, 0.717) is 5.82 Å². The molecule has 0 radical (unpaired) electrons. The summed E-state index contributed by atoms with van der Waals surface area (Å²) in [4.78, 5) is 15.4.